The maximum absolute atomic E-state index is 12.1. The zero-order valence-corrected chi connectivity index (χ0v) is 18.0. The Bertz CT molecular complexity index is 1140. The van der Waals surface area contributed by atoms with Crippen molar-refractivity contribution in [2.24, 2.45) is 0 Å². The van der Waals surface area contributed by atoms with Crippen LogP contribution in [0.25, 0.3) is 22.6 Å². The first kappa shape index (κ1) is 20.8. The van der Waals surface area contributed by atoms with Gasteiger partial charge in [0.1, 0.15) is 11.6 Å². The minimum atomic E-state index is 0.0203. The van der Waals surface area contributed by atoms with Crippen LogP contribution in [-0.2, 0) is 11.3 Å². The summed E-state index contributed by atoms with van der Waals surface area (Å²) in [6.07, 6.45) is 1.82. The molecule has 0 atom stereocenters. The van der Waals surface area contributed by atoms with Gasteiger partial charge < -0.3 is 15.0 Å². The molecular formula is C25H23N3O2S. The molecule has 0 unspecified atom stereocenters. The predicted octanol–water partition coefficient (Wildman–Crippen LogP) is 5.16. The number of ether oxygens (including phenoxy) is 1. The Balaban J connectivity index is 1.33. The topological polar surface area (TPSA) is 67.0 Å². The van der Waals surface area contributed by atoms with Crippen molar-refractivity contribution < 1.29 is 9.53 Å². The smallest absolute Gasteiger partial charge is 0.230 e. The van der Waals surface area contributed by atoms with Gasteiger partial charge in [-0.3, -0.25) is 4.79 Å². The van der Waals surface area contributed by atoms with Gasteiger partial charge in [0.15, 0.2) is 0 Å². The second-order valence-electron chi connectivity index (χ2n) is 6.95. The summed E-state index contributed by atoms with van der Waals surface area (Å²) in [6.45, 7) is 0.502. The minimum absolute atomic E-state index is 0.0203. The van der Waals surface area contributed by atoms with E-state index in [0.29, 0.717) is 12.3 Å². The molecule has 0 bridgehead atoms. The van der Waals surface area contributed by atoms with E-state index in [1.165, 1.54) is 11.8 Å². The Hall–Kier alpha value is -3.51. The lowest BCUT2D eigenvalue weighted by molar-refractivity contribution is -0.118. The Morgan fingerprint density at radius 2 is 1.81 bits per heavy atom. The number of imidazole rings is 1. The lowest BCUT2D eigenvalue weighted by Gasteiger charge is -2.06. The minimum Gasteiger partial charge on any atom is -0.497 e. The summed E-state index contributed by atoms with van der Waals surface area (Å²) in [5, 5.41) is 2.97. The van der Waals surface area contributed by atoms with E-state index >= 15 is 0 Å². The summed E-state index contributed by atoms with van der Waals surface area (Å²) in [4.78, 5) is 21.1. The molecule has 0 saturated carbocycles. The molecule has 31 heavy (non-hydrogen) atoms. The van der Waals surface area contributed by atoms with E-state index in [1.54, 1.807) is 7.11 Å². The summed E-state index contributed by atoms with van der Waals surface area (Å²) in [5.74, 6) is 2.03. The van der Waals surface area contributed by atoms with Gasteiger partial charge in [-0.15, -0.1) is 11.8 Å². The number of carbonyl (C=O) groups excluding carboxylic acids is 1. The van der Waals surface area contributed by atoms with Gasteiger partial charge in [-0.2, -0.15) is 0 Å². The fourth-order valence-electron chi connectivity index (χ4n) is 3.10. The molecule has 1 amide bonds. The number of benzene rings is 3. The van der Waals surface area contributed by atoms with Gasteiger partial charge in [-0.1, -0.05) is 54.6 Å². The highest BCUT2D eigenvalue weighted by Gasteiger charge is 2.07. The number of hydrogen-bond acceptors (Lipinski definition) is 4. The maximum Gasteiger partial charge on any atom is 0.230 e. The number of hydrogen-bond donors (Lipinski definition) is 2. The number of carbonyl (C=O) groups is 1. The molecule has 0 aliphatic rings. The number of thioether (sulfide) groups is 1. The van der Waals surface area contributed by atoms with Crippen LogP contribution in [0.3, 0.4) is 0 Å². The molecule has 0 fully saturated rings. The van der Waals surface area contributed by atoms with E-state index in [1.807, 2.05) is 85.1 Å². The van der Waals surface area contributed by atoms with Gasteiger partial charge in [0.05, 0.1) is 24.8 Å². The molecule has 0 saturated heterocycles. The second-order valence-corrected chi connectivity index (χ2v) is 8.00. The van der Waals surface area contributed by atoms with Gasteiger partial charge >= 0.3 is 0 Å². The molecule has 1 heterocycles. The SMILES string of the molecule is COc1cccc(-c2cnc(-c3ccc(CNC(=O)CSc4ccccc4)cc3)[nH]2)c1. The van der Waals surface area contributed by atoms with Crippen molar-refractivity contribution in [2.45, 2.75) is 11.4 Å². The molecule has 4 rings (SSSR count). The molecule has 5 nitrogen and oxygen atoms in total. The van der Waals surface area contributed by atoms with Crippen LogP contribution >= 0.6 is 11.8 Å². The normalized spacial score (nSPS) is 10.6. The average molecular weight is 430 g/mol. The van der Waals surface area contributed by atoms with Gasteiger partial charge in [-0.25, -0.2) is 4.98 Å². The molecule has 0 aliphatic heterocycles. The highest BCUT2D eigenvalue weighted by Crippen LogP contribution is 2.25. The molecule has 4 aromatic rings. The highest BCUT2D eigenvalue weighted by atomic mass is 32.2. The second kappa shape index (κ2) is 10.00. The van der Waals surface area contributed by atoms with E-state index in [9.17, 15) is 4.79 Å². The third-order valence-electron chi connectivity index (χ3n) is 4.79. The van der Waals surface area contributed by atoms with Gasteiger partial charge in [0, 0.05) is 22.6 Å². The number of nitrogens with one attached hydrogen (secondary N) is 2. The fraction of sp³-hybridized carbons (Fsp3) is 0.120. The molecular weight excluding hydrogens is 406 g/mol. The first-order valence-electron chi connectivity index (χ1n) is 9.94. The Morgan fingerprint density at radius 3 is 2.58 bits per heavy atom. The fourth-order valence-corrected chi connectivity index (χ4v) is 3.85. The summed E-state index contributed by atoms with van der Waals surface area (Å²) in [6, 6.07) is 25.8. The van der Waals surface area contributed by atoms with Crippen LogP contribution in [0.2, 0.25) is 0 Å². The summed E-state index contributed by atoms with van der Waals surface area (Å²) in [5.41, 5.74) is 3.98. The van der Waals surface area contributed by atoms with E-state index in [0.717, 1.165) is 38.9 Å². The Kier molecular flexibility index (Phi) is 6.69. The van der Waals surface area contributed by atoms with Crippen LogP contribution in [0.15, 0.2) is 90.0 Å². The van der Waals surface area contributed by atoms with Crippen molar-refractivity contribution in [3.63, 3.8) is 0 Å². The number of methoxy groups -OCH3 is 1. The standard InChI is InChI=1S/C25H23N3O2S/c1-30-21-7-5-6-20(14-21)23-16-27-25(28-23)19-12-10-18(11-13-19)15-26-24(29)17-31-22-8-3-2-4-9-22/h2-14,16H,15,17H2,1H3,(H,26,29)(H,27,28). The van der Waals surface area contributed by atoms with Crippen molar-refractivity contribution in [2.75, 3.05) is 12.9 Å². The van der Waals surface area contributed by atoms with Crippen LogP contribution < -0.4 is 10.1 Å². The van der Waals surface area contributed by atoms with Crippen LogP contribution in [0.5, 0.6) is 5.75 Å². The van der Waals surface area contributed by atoms with Crippen LogP contribution in [0, 0.1) is 0 Å². The molecule has 2 N–H and O–H groups in total. The predicted molar refractivity (Wildman–Crippen MR) is 125 cm³/mol. The van der Waals surface area contributed by atoms with Crippen molar-refractivity contribution in [1.82, 2.24) is 15.3 Å². The Labute approximate surface area is 185 Å². The summed E-state index contributed by atoms with van der Waals surface area (Å²) < 4.78 is 5.29. The highest BCUT2D eigenvalue weighted by molar-refractivity contribution is 8.00. The molecule has 0 spiro atoms. The zero-order chi connectivity index (χ0) is 21.5. The third-order valence-corrected chi connectivity index (χ3v) is 5.80. The number of nitrogens with zero attached hydrogens (tertiary/aromatic N) is 1. The third kappa shape index (κ3) is 5.55. The van der Waals surface area contributed by atoms with E-state index in [-0.39, 0.29) is 5.91 Å². The van der Waals surface area contributed by atoms with Gasteiger partial charge in [-0.05, 0) is 29.8 Å². The average Bonchev–Trinajstić information content (AvgIpc) is 3.33. The number of aromatic nitrogens is 2. The summed E-state index contributed by atoms with van der Waals surface area (Å²) in [7, 11) is 1.66. The molecule has 0 radical (unpaired) electrons. The van der Waals surface area contributed by atoms with Gasteiger partial charge in [0.25, 0.3) is 0 Å². The van der Waals surface area contributed by atoms with Crippen LogP contribution in [-0.4, -0.2) is 28.7 Å². The Morgan fingerprint density at radius 1 is 1.00 bits per heavy atom. The molecule has 3 aromatic carbocycles. The summed E-state index contributed by atoms with van der Waals surface area (Å²) >= 11 is 1.53. The molecule has 1 aromatic heterocycles. The van der Waals surface area contributed by atoms with E-state index in [4.69, 9.17) is 4.74 Å². The quantitative estimate of drug-likeness (QED) is 0.380. The molecule has 0 aliphatic carbocycles. The lowest BCUT2D eigenvalue weighted by atomic mass is 10.1. The van der Waals surface area contributed by atoms with Crippen molar-refractivity contribution >= 4 is 17.7 Å². The monoisotopic (exact) mass is 429 g/mol. The number of amides is 1. The van der Waals surface area contributed by atoms with Gasteiger partial charge in [0.2, 0.25) is 5.91 Å². The van der Waals surface area contributed by atoms with Crippen molar-refractivity contribution in [1.29, 1.82) is 0 Å². The number of aromatic amines is 1. The van der Waals surface area contributed by atoms with E-state index < -0.39 is 0 Å². The maximum atomic E-state index is 12.1. The number of rotatable bonds is 8. The van der Waals surface area contributed by atoms with Crippen molar-refractivity contribution in [3.8, 4) is 28.4 Å². The molecule has 156 valence electrons. The first-order valence-corrected chi connectivity index (χ1v) is 10.9. The zero-order valence-electron chi connectivity index (χ0n) is 17.2. The van der Waals surface area contributed by atoms with Crippen LogP contribution in [0.4, 0.5) is 0 Å². The first-order chi connectivity index (χ1) is 15.2. The van der Waals surface area contributed by atoms with E-state index in [2.05, 4.69) is 15.3 Å². The molecule has 6 heteroatoms. The van der Waals surface area contributed by atoms with Crippen molar-refractivity contribution in [3.05, 3.63) is 90.6 Å². The largest absolute Gasteiger partial charge is 0.497 e. The lowest BCUT2D eigenvalue weighted by Crippen LogP contribution is -2.24. The van der Waals surface area contributed by atoms with Crippen LogP contribution in [0.1, 0.15) is 5.56 Å². The number of H-pyrrole nitrogens is 1.